The number of benzene rings is 1. The quantitative estimate of drug-likeness (QED) is 0.885. The number of halogens is 1. The van der Waals surface area contributed by atoms with Crippen LogP contribution in [0, 0.1) is 6.92 Å². The van der Waals surface area contributed by atoms with Crippen molar-refractivity contribution < 1.29 is 9.84 Å². The second-order valence-electron chi connectivity index (χ2n) is 4.70. The van der Waals surface area contributed by atoms with Crippen molar-refractivity contribution in [1.29, 1.82) is 0 Å². The third-order valence-electron chi connectivity index (χ3n) is 3.02. The van der Waals surface area contributed by atoms with Gasteiger partial charge in [0.05, 0.1) is 12.3 Å². The summed E-state index contributed by atoms with van der Waals surface area (Å²) >= 11 is 5.85. The van der Waals surface area contributed by atoms with Crippen LogP contribution in [0.25, 0.3) is 0 Å². The Bertz CT molecular complexity index is 581. The van der Waals surface area contributed by atoms with Crippen LogP contribution in [0.4, 0.5) is 0 Å². The van der Waals surface area contributed by atoms with E-state index in [1.54, 1.807) is 28.9 Å². The van der Waals surface area contributed by atoms with Crippen molar-refractivity contribution >= 4 is 11.6 Å². The number of aromatic nitrogens is 2. The third kappa shape index (κ3) is 3.30. The van der Waals surface area contributed by atoms with Crippen LogP contribution in [0.15, 0.2) is 24.3 Å². The number of nitrogens with zero attached hydrogens (tertiary/aromatic N) is 2. The molecular formula is C14H18ClN3O2. The first kappa shape index (κ1) is 14.8. The summed E-state index contributed by atoms with van der Waals surface area (Å²) in [5.41, 5.74) is 7.56. The molecule has 0 aliphatic carbocycles. The molecule has 1 aromatic heterocycles. The van der Waals surface area contributed by atoms with Crippen LogP contribution >= 0.6 is 11.6 Å². The first-order valence-electron chi connectivity index (χ1n) is 6.33. The van der Waals surface area contributed by atoms with Crippen LogP contribution in [-0.2, 0) is 13.5 Å². The van der Waals surface area contributed by atoms with Gasteiger partial charge in [0, 0.05) is 23.7 Å². The van der Waals surface area contributed by atoms with Crippen molar-refractivity contribution in [3.8, 4) is 11.6 Å². The van der Waals surface area contributed by atoms with Crippen LogP contribution in [0.2, 0.25) is 5.02 Å². The lowest BCUT2D eigenvalue weighted by molar-refractivity contribution is 0.264. The molecule has 0 bridgehead atoms. The molecule has 1 unspecified atom stereocenters. The summed E-state index contributed by atoms with van der Waals surface area (Å²) in [6.45, 7) is 1.82. The molecule has 0 amide bonds. The highest BCUT2D eigenvalue weighted by Crippen LogP contribution is 2.28. The predicted molar refractivity (Wildman–Crippen MR) is 78.2 cm³/mol. The van der Waals surface area contributed by atoms with Gasteiger partial charge in [-0.15, -0.1) is 0 Å². The molecule has 1 heterocycles. The summed E-state index contributed by atoms with van der Waals surface area (Å²) in [5, 5.41) is 14.1. The van der Waals surface area contributed by atoms with Gasteiger partial charge in [0.2, 0.25) is 5.88 Å². The Morgan fingerprint density at radius 2 is 2.05 bits per heavy atom. The van der Waals surface area contributed by atoms with Gasteiger partial charge in [-0.2, -0.15) is 5.10 Å². The van der Waals surface area contributed by atoms with E-state index < -0.39 is 0 Å². The normalized spacial score (nSPS) is 12.4. The summed E-state index contributed by atoms with van der Waals surface area (Å²) in [6.07, 6.45) is 0.513. The predicted octanol–water partition coefficient (Wildman–Crippen LogP) is 2.04. The molecule has 1 aromatic carbocycles. The smallest absolute Gasteiger partial charge is 0.221 e. The number of aliphatic hydroxyl groups is 1. The van der Waals surface area contributed by atoms with Crippen molar-refractivity contribution in [2.75, 3.05) is 6.61 Å². The van der Waals surface area contributed by atoms with E-state index in [9.17, 15) is 0 Å². The summed E-state index contributed by atoms with van der Waals surface area (Å²) in [4.78, 5) is 0. The Morgan fingerprint density at radius 1 is 1.40 bits per heavy atom. The van der Waals surface area contributed by atoms with Gasteiger partial charge < -0.3 is 15.6 Å². The lowest BCUT2D eigenvalue weighted by Crippen LogP contribution is -2.27. The van der Waals surface area contributed by atoms with Crippen molar-refractivity contribution in [2.24, 2.45) is 12.8 Å². The van der Waals surface area contributed by atoms with Gasteiger partial charge in [-0.25, -0.2) is 4.68 Å². The van der Waals surface area contributed by atoms with Crippen LogP contribution in [-0.4, -0.2) is 27.5 Å². The molecule has 0 radical (unpaired) electrons. The van der Waals surface area contributed by atoms with E-state index in [0.717, 1.165) is 11.3 Å². The fourth-order valence-electron chi connectivity index (χ4n) is 1.98. The molecule has 0 aliphatic rings. The molecule has 2 aromatic rings. The Balaban J connectivity index is 2.28. The SMILES string of the molecule is Cc1nn(C)c(Oc2ccc(Cl)cc2)c1CC(N)CO. The number of ether oxygens (including phenoxy) is 1. The average molecular weight is 296 g/mol. The number of aryl methyl sites for hydroxylation is 2. The molecule has 1 atom stereocenters. The number of hydrogen-bond donors (Lipinski definition) is 2. The summed E-state index contributed by atoms with van der Waals surface area (Å²) < 4.78 is 7.54. The van der Waals surface area contributed by atoms with E-state index >= 15 is 0 Å². The molecule has 3 N–H and O–H groups in total. The first-order chi connectivity index (χ1) is 9.51. The molecule has 20 heavy (non-hydrogen) atoms. The molecule has 0 spiro atoms. The number of rotatable bonds is 5. The zero-order chi connectivity index (χ0) is 14.7. The van der Waals surface area contributed by atoms with E-state index in [4.69, 9.17) is 27.2 Å². The maximum absolute atomic E-state index is 9.10. The lowest BCUT2D eigenvalue weighted by atomic mass is 10.1. The van der Waals surface area contributed by atoms with Crippen molar-refractivity contribution in [3.63, 3.8) is 0 Å². The van der Waals surface area contributed by atoms with Crippen LogP contribution < -0.4 is 10.5 Å². The van der Waals surface area contributed by atoms with Gasteiger partial charge in [-0.05, 0) is 37.6 Å². The largest absolute Gasteiger partial charge is 0.439 e. The number of aliphatic hydroxyl groups excluding tert-OH is 1. The van der Waals surface area contributed by atoms with Crippen molar-refractivity contribution in [1.82, 2.24) is 9.78 Å². The molecule has 5 nitrogen and oxygen atoms in total. The minimum Gasteiger partial charge on any atom is -0.439 e. The molecule has 0 fully saturated rings. The Labute approximate surface area is 122 Å². The van der Waals surface area contributed by atoms with Gasteiger partial charge in [0.15, 0.2) is 0 Å². The molecular weight excluding hydrogens is 278 g/mol. The fraction of sp³-hybridized carbons (Fsp3) is 0.357. The van der Waals surface area contributed by atoms with Gasteiger partial charge in [-0.3, -0.25) is 0 Å². The number of hydrogen-bond acceptors (Lipinski definition) is 4. The zero-order valence-electron chi connectivity index (χ0n) is 11.5. The molecule has 6 heteroatoms. The Hall–Kier alpha value is -1.56. The van der Waals surface area contributed by atoms with E-state index in [1.807, 2.05) is 14.0 Å². The molecule has 0 saturated heterocycles. The molecule has 2 rings (SSSR count). The highest BCUT2D eigenvalue weighted by molar-refractivity contribution is 6.30. The highest BCUT2D eigenvalue weighted by atomic mass is 35.5. The molecule has 0 aliphatic heterocycles. The zero-order valence-corrected chi connectivity index (χ0v) is 12.3. The lowest BCUT2D eigenvalue weighted by Gasteiger charge is -2.11. The fourth-order valence-corrected chi connectivity index (χ4v) is 2.11. The van der Waals surface area contributed by atoms with Gasteiger partial charge in [0.25, 0.3) is 0 Å². The minimum absolute atomic E-state index is 0.0747. The average Bonchev–Trinajstić information content (AvgIpc) is 2.68. The minimum atomic E-state index is -0.328. The topological polar surface area (TPSA) is 73.3 Å². The number of nitrogens with two attached hydrogens (primary N) is 1. The maximum Gasteiger partial charge on any atom is 0.221 e. The highest BCUT2D eigenvalue weighted by Gasteiger charge is 2.18. The van der Waals surface area contributed by atoms with E-state index in [-0.39, 0.29) is 12.6 Å². The third-order valence-corrected chi connectivity index (χ3v) is 3.27. The second-order valence-corrected chi connectivity index (χ2v) is 5.13. The monoisotopic (exact) mass is 295 g/mol. The standard InChI is InChI=1S/C14H18ClN3O2/c1-9-13(7-11(16)8-19)14(18(2)17-9)20-12-5-3-10(15)4-6-12/h3-6,11,19H,7-8,16H2,1-2H3. The van der Waals surface area contributed by atoms with E-state index in [0.29, 0.717) is 23.1 Å². The Morgan fingerprint density at radius 3 is 2.65 bits per heavy atom. The van der Waals surface area contributed by atoms with Gasteiger partial charge in [0.1, 0.15) is 5.75 Å². The first-order valence-corrected chi connectivity index (χ1v) is 6.71. The van der Waals surface area contributed by atoms with Crippen LogP contribution in [0.1, 0.15) is 11.3 Å². The van der Waals surface area contributed by atoms with E-state index in [2.05, 4.69) is 5.10 Å². The van der Waals surface area contributed by atoms with Gasteiger partial charge >= 0.3 is 0 Å². The van der Waals surface area contributed by atoms with Gasteiger partial charge in [-0.1, -0.05) is 11.6 Å². The second kappa shape index (κ2) is 6.26. The van der Waals surface area contributed by atoms with Crippen LogP contribution in [0.3, 0.4) is 0 Å². The van der Waals surface area contributed by atoms with Crippen LogP contribution in [0.5, 0.6) is 11.6 Å². The van der Waals surface area contributed by atoms with Crippen molar-refractivity contribution in [2.45, 2.75) is 19.4 Å². The summed E-state index contributed by atoms with van der Waals surface area (Å²) in [5.74, 6) is 1.31. The Kier molecular flexibility index (Phi) is 4.65. The van der Waals surface area contributed by atoms with Crippen molar-refractivity contribution in [3.05, 3.63) is 40.5 Å². The van der Waals surface area contributed by atoms with E-state index in [1.165, 1.54) is 0 Å². The summed E-state index contributed by atoms with van der Waals surface area (Å²) in [7, 11) is 1.81. The summed E-state index contributed by atoms with van der Waals surface area (Å²) in [6, 6.07) is 6.78. The molecule has 0 saturated carbocycles. The molecule has 108 valence electrons. The maximum atomic E-state index is 9.10.